The summed E-state index contributed by atoms with van der Waals surface area (Å²) in [7, 11) is 0. The third-order valence-corrected chi connectivity index (χ3v) is 5.83. The van der Waals surface area contributed by atoms with Crippen LogP contribution in [0.2, 0.25) is 0 Å². The van der Waals surface area contributed by atoms with Crippen molar-refractivity contribution in [2.45, 2.75) is 26.2 Å². The Kier molecular flexibility index (Phi) is 8.04. The van der Waals surface area contributed by atoms with Crippen LogP contribution >= 0.6 is 0 Å². The Morgan fingerprint density at radius 1 is 0.667 bits per heavy atom. The van der Waals surface area contributed by atoms with E-state index in [0.717, 1.165) is 16.7 Å². The molecule has 2 amide bonds. The van der Waals surface area contributed by atoms with E-state index in [9.17, 15) is 14.4 Å². The second-order valence-electron chi connectivity index (χ2n) is 8.70. The van der Waals surface area contributed by atoms with Crippen molar-refractivity contribution in [1.82, 2.24) is 0 Å². The SMILES string of the molecule is Cc1ccc(CC(=O)Nc2ccc(NC(=O)CCc3ccccc3)cc2C(=O)c2ccccc2)cc1. The van der Waals surface area contributed by atoms with E-state index in [-0.39, 0.29) is 24.0 Å². The minimum Gasteiger partial charge on any atom is -0.326 e. The number of hydrogen-bond acceptors (Lipinski definition) is 3. The fraction of sp³-hybridized carbons (Fsp3) is 0.129. The van der Waals surface area contributed by atoms with Gasteiger partial charge >= 0.3 is 0 Å². The summed E-state index contributed by atoms with van der Waals surface area (Å²) in [5.74, 6) is -0.602. The molecular formula is C31H28N2O3. The van der Waals surface area contributed by atoms with Gasteiger partial charge < -0.3 is 10.6 Å². The average Bonchev–Trinajstić information content (AvgIpc) is 2.90. The number of rotatable bonds is 9. The number of nitrogens with one attached hydrogen (secondary N) is 2. The van der Waals surface area contributed by atoms with Gasteiger partial charge in [-0.1, -0.05) is 90.5 Å². The maximum absolute atomic E-state index is 13.3. The summed E-state index contributed by atoms with van der Waals surface area (Å²) >= 11 is 0. The summed E-state index contributed by atoms with van der Waals surface area (Å²) in [4.78, 5) is 38.7. The smallest absolute Gasteiger partial charge is 0.228 e. The van der Waals surface area contributed by atoms with E-state index >= 15 is 0 Å². The fourth-order valence-corrected chi connectivity index (χ4v) is 3.88. The number of amides is 2. The Labute approximate surface area is 211 Å². The van der Waals surface area contributed by atoms with Crippen molar-refractivity contribution in [1.29, 1.82) is 0 Å². The highest BCUT2D eigenvalue weighted by Gasteiger charge is 2.17. The van der Waals surface area contributed by atoms with Gasteiger partial charge in [0.15, 0.2) is 5.78 Å². The van der Waals surface area contributed by atoms with Crippen LogP contribution in [0.25, 0.3) is 0 Å². The summed E-state index contributed by atoms with van der Waals surface area (Å²) in [6, 6.07) is 31.4. The number of carbonyl (C=O) groups is 3. The van der Waals surface area contributed by atoms with E-state index in [0.29, 0.717) is 35.3 Å². The van der Waals surface area contributed by atoms with Gasteiger partial charge in [-0.3, -0.25) is 14.4 Å². The number of ketones is 1. The second-order valence-corrected chi connectivity index (χ2v) is 8.70. The van der Waals surface area contributed by atoms with E-state index in [1.165, 1.54) is 0 Å². The molecule has 4 aromatic carbocycles. The molecule has 0 heterocycles. The minimum absolute atomic E-state index is 0.145. The van der Waals surface area contributed by atoms with E-state index in [4.69, 9.17) is 0 Å². The predicted molar refractivity (Wildman–Crippen MR) is 143 cm³/mol. The van der Waals surface area contributed by atoms with Crippen molar-refractivity contribution in [3.05, 3.63) is 131 Å². The van der Waals surface area contributed by atoms with Crippen molar-refractivity contribution < 1.29 is 14.4 Å². The number of hydrogen-bond donors (Lipinski definition) is 2. The van der Waals surface area contributed by atoms with Crippen LogP contribution in [-0.4, -0.2) is 17.6 Å². The van der Waals surface area contributed by atoms with Crippen LogP contribution in [0.1, 0.15) is 39.0 Å². The quantitative estimate of drug-likeness (QED) is 0.292. The minimum atomic E-state index is -0.235. The molecule has 0 fully saturated rings. The van der Waals surface area contributed by atoms with Gasteiger partial charge in [0.25, 0.3) is 0 Å². The van der Waals surface area contributed by atoms with Crippen molar-refractivity contribution in [2.75, 3.05) is 10.6 Å². The van der Waals surface area contributed by atoms with Gasteiger partial charge in [0.2, 0.25) is 11.8 Å². The molecule has 0 aliphatic heterocycles. The first-order chi connectivity index (χ1) is 17.5. The Morgan fingerprint density at radius 3 is 2.03 bits per heavy atom. The van der Waals surface area contributed by atoms with E-state index < -0.39 is 0 Å². The third kappa shape index (κ3) is 6.76. The fourth-order valence-electron chi connectivity index (χ4n) is 3.88. The van der Waals surface area contributed by atoms with Crippen molar-refractivity contribution >= 4 is 29.0 Å². The van der Waals surface area contributed by atoms with E-state index in [2.05, 4.69) is 10.6 Å². The second kappa shape index (κ2) is 11.8. The van der Waals surface area contributed by atoms with Crippen molar-refractivity contribution in [3.8, 4) is 0 Å². The van der Waals surface area contributed by atoms with Crippen LogP contribution in [0.3, 0.4) is 0 Å². The molecule has 0 spiro atoms. The van der Waals surface area contributed by atoms with E-state index in [1.807, 2.05) is 67.6 Å². The Bertz CT molecular complexity index is 1350. The molecule has 0 aromatic heterocycles. The summed E-state index contributed by atoms with van der Waals surface area (Å²) in [5.41, 5.74) is 4.82. The van der Waals surface area contributed by atoms with Gasteiger partial charge in [0, 0.05) is 23.2 Å². The number of benzene rings is 4. The Hall–Kier alpha value is -4.51. The van der Waals surface area contributed by atoms with Crippen molar-refractivity contribution in [3.63, 3.8) is 0 Å². The molecule has 36 heavy (non-hydrogen) atoms. The van der Waals surface area contributed by atoms with Crippen LogP contribution in [0.4, 0.5) is 11.4 Å². The first-order valence-electron chi connectivity index (χ1n) is 11.9. The predicted octanol–water partition coefficient (Wildman–Crippen LogP) is 5.98. The Morgan fingerprint density at radius 2 is 1.33 bits per heavy atom. The maximum Gasteiger partial charge on any atom is 0.228 e. The summed E-state index contributed by atoms with van der Waals surface area (Å²) < 4.78 is 0. The third-order valence-electron chi connectivity index (χ3n) is 5.83. The zero-order chi connectivity index (χ0) is 25.3. The number of aryl methyl sites for hydroxylation is 2. The van der Waals surface area contributed by atoms with Crippen LogP contribution in [-0.2, 0) is 22.4 Å². The van der Waals surface area contributed by atoms with Crippen molar-refractivity contribution in [2.24, 2.45) is 0 Å². The molecule has 0 bridgehead atoms. The number of anilines is 2. The molecule has 0 aliphatic carbocycles. The first kappa shape index (κ1) is 24.6. The largest absolute Gasteiger partial charge is 0.326 e. The molecule has 0 saturated carbocycles. The van der Waals surface area contributed by atoms with E-state index in [1.54, 1.807) is 42.5 Å². The zero-order valence-electron chi connectivity index (χ0n) is 20.2. The van der Waals surface area contributed by atoms with Gasteiger partial charge in [0.1, 0.15) is 0 Å². The standard InChI is InChI=1S/C31H28N2O3/c1-22-12-14-24(15-13-22)20-30(35)33-28-18-17-26(21-27(28)31(36)25-10-6-3-7-11-25)32-29(34)19-16-23-8-4-2-5-9-23/h2-15,17-18,21H,16,19-20H2,1H3,(H,32,34)(H,33,35). The molecule has 180 valence electrons. The molecule has 0 radical (unpaired) electrons. The Balaban J connectivity index is 1.52. The molecule has 2 N–H and O–H groups in total. The molecule has 5 heteroatoms. The van der Waals surface area contributed by atoms with Gasteiger partial charge in [0.05, 0.1) is 12.1 Å². The molecular weight excluding hydrogens is 448 g/mol. The lowest BCUT2D eigenvalue weighted by atomic mass is 10.0. The molecule has 0 unspecified atom stereocenters. The van der Waals surface area contributed by atoms with Crippen LogP contribution in [0.5, 0.6) is 0 Å². The lowest BCUT2D eigenvalue weighted by Gasteiger charge is -2.14. The summed E-state index contributed by atoms with van der Waals surface area (Å²) in [6.07, 6.45) is 1.13. The highest BCUT2D eigenvalue weighted by Crippen LogP contribution is 2.24. The maximum atomic E-state index is 13.3. The van der Waals surface area contributed by atoms with Gasteiger partial charge in [-0.2, -0.15) is 0 Å². The molecule has 0 saturated heterocycles. The monoisotopic (exact) mass is 476 g/mol. The van der Waals surface area contributed by atoms with Crippen LogP contribution in [0, 0.1) is 6.92 Å². The molecule has 4 aromatic rings. The normalized spacial score (nSPS) is 10.5. The average molecular weight is 477 g/mol. The zero-order valence-corrected chi connectivity index (χ0v) is 20.2. The summed E-state index contributed by atoms with van der Waals surface area (Å²) in [5, 5.41) is 5.76. The van der Waals surface area contributed by atoms with Gasteiger partial charge in [-0.15, -0.1) is 0 Å². The first-order valence-corrected chi connectivity index (χ1v) is 11.9. The molecule has 4 rings (SSSR count). The van der Waals surface area contributed by atoms with Crippen LogP contribution in [0.15, 0.2) is 103 Å². The topological polar surface area (TPSA) is 75.3 Å². The van der Waals surface area contributed by atoms with Gasteiger partial charge in [-0.25, -0.2) is 0 Å². The molecule has 0 atom stereocenters. The molecule has 0 aliphatic rings. The number of carbonyl (C=O) groups excluding carboxylic acids is 3. The lowest BCUT2D eigenvalue weighted by molar-refractivity contribution is -0.116. The lowest BCUT2D eigenvalue weighted by Crippen LogP contribution is -2.18. The summed E-state index contributed by atoms with van der Waals surface area (Å²) in [6.45, 7) is 1.99. The highest BCUT2D eigenvalue weighted by atomic mass is 16.2. The molecule has 5 nitrogen and oxygen atoms in total. The highest BCUT2D eigenvalue weighted by molar-refractivity contribution is 6.14. The van der Waals surface area contributed by atoms with Gasteiger partial charge in [-0.05, 0) is 42.7 Å². The van der Waals surface area contributed by atoms with Crippen LogP contribution < -0.4 is 10.6 Å².